The summed E-state index contributed by atoms with van der Waals surface area (Å²) in [5, 5.41) is 1.17. The Bertz CT molecular complexity index is 105. The fourth-order valence-corrected chi connectivity index (χ4v) is 0.480. The van der Waals surface area contributed by atoms with E-state index < -0.39 is 0 Å². The first-order valence-electron chi connectivity index (χ1n) is 3.10. The van der Waals surface area contributed by atoms with Crippen LogP contribution in [0.15, 0.2) is 0 Å². The molecule has 0 rings (SSSR count). The van der Waals surface area contributed by atoms with Crippen LogP contribution in [0.3, 0.4) is 0 Å². The fourth-order valence-electron chi connectivity index (χ4n) is 0.480. The first kappa shape index (κ1) is 9.39. The van der Waals surface area contributed by atoms with Gasteiger partial charge in [0.2, 0.25) is 0 Å². The van der Waals surface area contributed by atoms with E-state index in [2.05, 4.69) is 4.74 Å². The molecule has 0 aromatic rings. The molecular weight excluding hydrogens is 134 g/mol. The number of nitrogens with zero attached hydrogens (tertiary/aromatic N) is 1. The molecule has 4 heteroatoms. The van der Waals surface area contributed by atoms with Crippen LogP contribution in [0.1, 0.15) is 6.92 Å². The fraction of sp³-hybridized carbons (Fsp3) is 0.833. The number of carbonyl (C=O) groups excluding carboxylic acids is 1. The molecule has 0 fully saturated rings. The summed E-state index contributed by atoms with van der Waals surface area (Å²) >= 11 is 0. The number of likely N-dealkylation sites (N-methyl/N-ethyl adjacent to an activating group) is 1. The van der Waals surface area contributed by atoms with Gasteiger partial charge in [0.1, 0.15) is 6.61 Å². The summed E-state index contributed by atoms with van der Waals surface area (Å²) in [7, 11) is 3.03. The minimum Gasteiger partial charge on any atom is -0.375 e. The molecule has 0 atom stereocenters. The summed E-state index contributed by atoms with van der Waals surface area (Å²) < 4.78 is 4.60. The highest BCUT2D eigenvalue weighted by molar-refractivity contribution is 5.75. The predicted octanol–water partition coefficient (Wildman–Crippen LogP) is 0.0427. The van der Waals surface area contributed by atoms with Gasteiger partial charge in [-0.25, -0.2) is 5.06 Å². The number of hydrogen-bond donors (Lipinski definition) is 0. The highest BCUT2D eigenvalue weighted by Gasteiger charge is 2.06. The van der Waals surface area contributed by atoms with E-state index in [9.17, 15) is 4.79 Å². The molecule has 0 saturated heterocycles. The third kappa shape index (κ3) is 3.42. The van der Waals surface area contributed by atoms with E-state index >= 15 is 0 Å². The van der Waals surface area contributed by atoms with Crippen LogP contribution in [0.5, 0.6) is 0 Å². The average Bonchev–Trinajstić information content (AvgIpc) is 1.89. The van der Waals surface area contributed by atoms with Crippen molar-refractivity contribution in [2.75, 3.05) is 27.4 Å². The van der Waals surface area contributed by atoms with Gasteiger partial charge in [-0.2, -0.15) is 0 Å². The van der Waals surface area contributed by atoms with E-state index in [4.69, 9.17) is 4.84 Å². The van der Waals surface area contributed by atoms with Crippen LogP contribution in [0.25, 0.3) is 0 Å². The molecule has 0 aliphatic rings. The van der Waals surface area contributed by atoms with Crippen LogP contribution in [-0.4, -0.2) is 38.3 Å². The minimum absolute atomic E-state index is 0.0660. The lowest BCUT2D eigenvalue weighted by molar-refractivity contribution is -0.180. The Balaban J connectivity index is 3.49. The Morgan fingerprint density at radius 2 is 2.20 bits per heavy atom. The molecule has 0 heterocycles. The zero-order valence-electron chi connectivity index (χ0n) is 6.59. The number of hydroxylamine groups is 2. The topological polar surface area (TPSA) is 38.8 Å². The van der Waals surface area contributed by atoms with Crippen LogP contribution < -0.4 is 0 Å². The second-order valence-electron chi connectivity index (χ2n) is 1.74. The van der Waals surface area contributed by atoms with Crippen LogP contribution in [0, 0.1) is 0 Å². The number of hydrogen-bond acceptors (Lipinski definition) is 3. The van der Waals surface area contributed by atoms with Gasteiger partial charge >= 0.3 is 0 Å². The van der Waals surface area contributed by atoms with Crippen molar-refractivity contribution in [1.29, 1.82) is 0 Å². The molecule has 0 spiro atoms. The normalized spacial score (nSPS) is 9.50. The summed E-state index contributed by atoms with van der Waals surface area (Å²) in [6.45, 7) is 2.37. The smallest absolute Gasteiger partial charge is 0.271 e. The Hall–Kier alpha value is -0.610. The van der Waals surface area contributed by atoms with Crippen molar-refractivity contribution in [3.8, 4) is 0 Å². The largest absolute Gasteiger partial charge is 0.375 e. The Morgan fingerprint density at radius 3 is 2.60 bits per heavy atom. The van der Waals surface area contributed by atoms with Gasteiger partial charge in [-0.1, -0.05) is 0 Å². The third-order valence-corrected chi connectivity index (χ3v) is 0.942. The highest BCUT2D eigenvalue weighted by atomic mass is 16.7. The standard InChI is InChI=1S/C6H13NO3/c1-4-10-7(2)6(8)5-9-3/h4-5H2,1-3H3. The van der Waals surface area contributed by atoms with Crippen molar-refractivity contribution in [3.05, 3.63) is 0 Å². The van der Waals surface area contributed by atoms with Crippen molar-refractivity contribution in [2.24, 2.45) is 0 Å². The zero-order valence-corrected chi connectivity index (χ0v) is 6.59. The Morgan fingerprint density at radius 1 is 1.60 bits per heavy atom. The Kier molecular flexibility index (Phi) is 4.88. The van der Waals surface area contributed by atoms with Crippen LogP contribution in [0.4, 0.5) is 0 Å². The summed E-state index contributed by atoms with van der Waals surface area (Å²) in [4.78, 5) is 15.7. The van der Waals surface area contributed by atoms with Crippen molar-refractivity contribution in [2.45, 2.75) is 6.92 Å². The molecule has 0 bridgehead atoms. The first-order chi connectivity index (χ1) is 4.72. The summed E-state index contributed by atoms with van der Waals surface area (Å²) in [5.41, 5.74) is 0. The predicted molar refractivity (Wildman–Crippen MR) is 36.3 cm³/mol. The number of amides is 1. The molecule has 1 amide bonds. The molecule has 0 aliphatic heterocycles. The Labute approximate surface area is 60.7 Å². The van der Waals surface area contributed by atoms with Crippen molar-refractivity contribution < 1.29 is 14.4 Å². The maximum absolute atomic E-state index is 10.8. The van der Waals surface area contributed by atoms with Gasteiger partial charge in [-0.05, 0) is 6.92 Å². The zero-order chi connectivity index (χ0) is 7.98. The second-order valence-corrected chi connectivity index (χ2v) is 1.74. The van der Waals surface area contributed by atoms with Crippen LogP contribution in [0.2, 0.25) is 0 Å². The van der Waals surface area contributed by atoms with Crippen molar-refractivity contribution in [3.63, 3.8) is 0 Å². The third-order valence-electron chi connectivity index (χ3n) is 0.942. The summed E-state index contributed by atoms with van der Waals surface area (Å²) in [5.74, 6) is -0.177. The molecular formula is C6H13NO3. The van der Waals surface area contributed by atoms with Gasteiger partial charge in [0.15, 0.2) is 0 Å². The van der Waals surface area contributed by atoms with Crippen LogP contribution in [-0.2, 0) is 14.4 Å². The number of carbonyl (C=O) groups is 1. The van der Waals surface area contributed by atoms with Crippen molar-refractivity contribution >= 4 is 5.91 Å². The molecule has 60 valence electrons. The van der Waals surface area contributed by atoms with Gasteiger partial charge < -0.3 is 4.74 Å². The van der Waals surface area contributed by atoms with E-state index in [0.717, 1.165) is 0 Å². The van der Waals surface area contributed by atoms with Crippen LogP contribution >= 0.6 is 0 Å². The maximum Gasteiger partial charge on any atom is 0.271 e. The molecule has 0 aromatic heterocycles. The van der Waals surface area contributed by atoms with Crippen molar-refractivity contribution in [1.82, 2.24) is 5.06 Å². The van der Waals surface area contributed by atoms with Gasteiger partial charge in [0, 0.05) is 14.2 Å². The first-order valence-corrected chi connectivity index (χ1v) is 3.10. The summed E-state index contributed by atoms with van der Waals surface area (Å²) in [6.07, 6.45) is 0. The SMILES string of the molecule is CCON(C)C(=O)COC. The van der Waals surface area contributed by atoms with E-state index in [0.29, 0.717) is 6.61 Å². The number of ether oxygens (including phenoxy) is 1. The van der Waals surface area contributed by atoms with E-state index in [1.807, 2.05) is 6.92 Å². The second kappa shape index (κ2) is 5.20. The number of methoxy groups -OCH3 is 1. The molecule has 0 unspecified atom stereocenters. The molecule has 4 nitrogen and oxygen atoms in total. The lowest BCUT2D eigenvalue weighted by Crippen LogP contribution is -2.29. The monoisotopic (exact) mass is 147 g/mol. The molecule has 0 aromatic carbocycles. The summed E-state index contributed by atoms with van der Waals surface area (Å²) in [6, 6.07) is 0. The van der Waals surface area contributed by atoms with Gasteiger partial charge in [0.25, 0.3) is 5.91 Å². The lowest BCUT2D eigenvalue weighted by Gasteiger charge is -2.14. The highest BCUT2D eigenvalue weighted by Crippen LogP contribution is 1.86. The van der Waals surface area contributed by atoms with E-state index in [1.165, 1.54) is 12.2 Å². The molecule has 0 N–H and O–H groups in total. The van der Waals surface area contributed by atoms with Gasteiger partial charge in [-0.3, -0.25) is 9.63 Å². The van der Waals surface area contributed by atoms with Gasteiger partial charge in [-0.15, -0.1) is 0 Å². The molecule has 0 saturated carbocycles. The average molecular weight is 147 g/mol. The van der Waals surface area contributed by atoms with E-state index in [1.54, 1.807) is 7.05 Å². The molecule has 10 heavy (non-hydrogen) atoms. The van der Waals surface area contributed by atoms with E-state index in [-0.39, 0.29) is 12.5 Å². The number of rotatable bonds is 4. The molecule has 0 aliphatic carbocycles. The maximum atomic E-state index is 10.8. The van der Waals surface area contributed by atoms with Gasteiger partial charge in [0.05, 0.1) is 6.61 Å². The molecule has 0 radical (unpaired) electrons. The quantitative estimate of drug-likeness (QED) is 0.527. The lowest BCUT2D eigenvalue weighted by atomic mass is 10.6. The minimum atomic E-state index is -0.177.